The van der Waals surface area contributed by atoms with Gasteiger partial charge in [-0.2, -0.15) is 5.10 Å². The van der Waals surface area contributed by atoms with Gasteiger partial charge >= 0.3 is 5.97 Å². The van der Waals surface area contributed by atoms with Crippen molar-refractivity contribution in [2.75, 3.05) is 6.54 Å². The summed E-state index contributed by atoms with van der Waals surface area (Å²) < 4.78 is 5.18. The summed E-state index contributed by atoms with van der Waals surface area (Å²) in [6.45, 7) is 0.643. The first-order chi connectivity index (χ1) is 12.6. The van der Waals surface area contributed by atoms with Gasteiger partial charge in [-0.3, -0.25) is 9.59 Å². The van der Waals surface area contributed by atoms with Crippen LogP contribution in [0.5, 0.6) is 0 Å². The Bertz CT molecular complexity index is 821. The first-order valence-electron chi connectivity index (χ1n) is 8.46. The Morgan fingerprint density at radius 1 is 1.04 bits per heavy atom. The normalized spacial score (nSPS) is 13.4. The highest BCUT2D eigenvalue weighted by Crippen LogP contribution is 2.17. The van der Waals surface area contributed by atoms with Crippen molar-refractivity contribution >= 4 is 29.2 Å². The molecule has 0 atom stereocenters. The molecular formula is C20H19ClN2O3. The van der Waals surface area contributed by atoms with Gasteiger partial charge in [0, 0.05) is 23.4 Å². The van der Waals surface area contributed by atoms with Crippen LogP contribution in [0.3, 0.4) is 0 Å². The number of esters is 1. The maximum atomic E-state index is 12.2. The molecule has 1 heterocycles. The molecule has 0 aromatic heterocycles. The maximum Gasteiger partial charge on any atom is 0.306 e. The van der Waals surface area contributed by atoms with E-state index in [2.05, 4.69) is 5.10 Å². The number of carbonyl (C=O) groups excluding carboxylic acids is 2. The van der Waals surface area contributed by atoms with Gasteiger partial charge in [-0.05, 0) is 11.6 Å². The fourth-order valence-electron chi connectivity index (χ4n) is 2.65. The van der Waals surface area contributed by atoms with E-state index in [9.17, 15) is 9.59 Å². The molecule has 0 spiro atoms. The Labute approximate surface area is 157 Å². The minimum Gasteiger partial charge on any atom is -0.461 e. The molecule has 0 unspecified atom stereocenters. The molecule has 3 rings (SSSR count). The monoisotopic (exact) mass is 370 g/mol. The second kappa shape index (κ2) is 8.63. The molecule has 1 aliphatic rings. The second-order valence-corrected chi connectivity index (χ2v) is 6.34. The molecule has 26 heavy (non-hydrogen) atoms. The van der Waals surface area contributed by atoms with Crippen LogP contribution in [0.15, 0.2) is 59.7 Å². The molecule has 134 valence electrons. The van der Waals surface area contributed by atoms with Gasteiger partial charge in [-0.25, -0.2) is 5.01 Å². The van der Waals surface area contributed by atoms with E-state index in [1.165, 1.54) is 5.01 Å². The smallest absolute Gasteiger partial charge is 0.306 e. The molecule has 0 saturated heterocycles. The topological polar surface area (TPSA) is 59.0 Å². The lowest BCUT2D eigenvalue weighted by Crippen LogP contribution is -2.24. The predicted octanol–water partition coefficient (Wildman–Crippen LogP) is 3.80. The van der Waals surface area contributed by atoms with Gasteiger partial charge in [0.2, 0.25) is 5.91 Å². The Morgan fingerprint density at radius 2 is 1.77 bits per heavy atom. The third kappa shape index (κ3) is 4.70. The number of rotatable bonds is 6. The molecule has 2 aromatic rings. The summed E-state index contributed by atoms with van der Waals surface area (Å²) in [6.07, 6.45) is 0.815. The number of ether oxygens (including phenoxy) is 1. The molecule has 0 aliphatic carbocycles. The SMILES string of the molecule is O=C(CCC(=O)N1CCC(c2ccccc2)=N1)OCc1ccccc1Cl. The molecule has 2 aromatic carbocycles. The summed E-state index contributed by atoms with van der Waals surface area (Å²) in [5.74, 6) is -0.602. The lowest BCUT2D eigenvalue weighted by Gasteiger charge is -2.11. The van der Waals surface area contributed by atoms with Crippen LogP contribution in [0.2, 0.25) is 5.02 Å². The number of nitrogens with zero attached hydrogens (tertiary/aromatic N) is 2. The predicted molar refractivity (Wildman–Crippen MR) is 99.8 cm³/mol. The molecule has 6 heteroatoms. The first-order valence-corrected chi connectivity index (χ1v) is 8.83. The van der Waals surface area contributed by atoms with E-state index in [-0.39, 0.29) is 25.4 Å². The van der Waals surface area contributed by atoms with Crippen LogP contribution in [-0.4, -0.2) is 29.1 Å². The molecule has 0 bridgehead atoms. The first kappa shape index (κ1) is 18.1. The molecular weight excluding hydrogens is 352 g/mol. The van der Waals surface area contributed by atoms with E-state index in [4.69, 9.17) is 16.3 Å². The summed E-state index contributed by atoms with van der Waals surface area (Å²) in [4.78, 5) is 24.1. The Kier molecular flexibility index (Phi) is 6.02. The average Bonchev–Trinajstić information content (AvgIpc) is 3.16. The van der Waals surface area contributed by atoms with Crippen molar-refractivity contribution in [3.05, 3.63) is 70.7 Å². The van der Waals surface area contributed by atoms with Gasteiger partial charge in [0.1, 0.15) is 6.61 Å². The van der Waals surface area contributed by atoms with Crippen LogP contribution < -0.4 is 0 Å². The van der Waals surface area contributed by atoms with E-state index < -0.39 is 5.97 Å². The van der Waals surface area contributed by atoms with Gasteiger partial charge < -0.3 is 4.74 Å². The largest absolute Gasteiger partial charge is 0.461 e. The summed E-state index contributed by atoms with van der Waals surface area (Å²) in [5.41, 5.74) is 2.65. The van der Waals surface area contributed by atoms with E-state index in [0.717, 1.165) is 16.8 Å². The van der Waals surface area contributed by atoms with E-state index in [1.807, 2.05) is 42.5 Å². The van der Waals surface area contributed by atoms with Crippen LogP contribution >= 0.6 is 11.6 Å². The lowest BCUT2D eigenvalue weighted by atomic mass is 10.1. The molecule has 1 amide bonds. The highest BCUT2D eigenvalue weighted by atomic mass is 35.5. The number of hydrazone groups is 1. The van der Waals surface area contributed by atoms with Crippen molar-refractivity contribution in [3.8, 4) is 0 Å². The van der Waals surface area contributed by atoms with Gasteiger partial charge in [-0.15, -0.1) is 0 Å². The van der Waals surface area contributed by atoms with Crippen LogP contribution in [0.25, 0.3) is 0 Å². The number of hydrogen-bond acceptors (Lipinski definition) is 4. The van der Waals surface area contributed by atoms with E-state index in [0.29, 0.717) is 18.0 Å². The third-order valence-electron chi connectivity index (χ3n) is 4.09. The second-order valence-electron chi connectivity index (χ2n) is 5.93. The number of benzene rings is 2. The Balaban J connectivity index is 1.46. The minimum atomic E-state index is -0.426. The zero-order chi connectivity index (χ0) is 18.4. The van der Waals surface area contributed by atoms with Crippen molar-refractivity contribution in [1.29, 1.82) is 0 Å². The van der Waals surface area contributed by atoms with Crippen LogP contribution in [0.1, 0.15) is 30.4 Å². The quantitative estimate of drug-likeness (QED) is 0.727. The summed E-state index contributed by atoms with van der Waals surface area (Å²) in [7, 11) is 0. The van der Waals surface area contributed by atoms with Crippen molar-refractivity contribution in [3.63, 3.8) is 0 Å². The fourth-order valence-corrected chi connectivity index (χ4v) is 2.84. The van der Waals surface area contributed by atoms with Crippen molar-refractivity contribution in [2.24, 2.45) is 5.10 Å². The zero-order valence-electron chi connectivity index (χ0n) is 14.2. The van der Waals surface area contributed by atoms with E-state index in [1.54, 1.807) is 12.1 Å². The van der Waals surface area contributed by atoms with Gasteiger partial charge in [0.05, 0.1) is 18.7 Å². The molecule has 0 fully saturated rings. The third-order valence-corrected chi connectivity index (χ3v) is 4.45. The maximum absolute atomic E-state index is 12.2. The highest BCUT2D eigenvalue weighted by Gasteiger charge is 2.22. The van der Waals surface area contributed by atoms with Crippen LogP contribution in [0.4, 0.5) is 0 Å². The lowest BCUT2D eigenvalue weighted by molar-refractivity contribution is -0.147. The Hall–Kier alpha value is -2.66. The summed E-state index contributed by atoms with van der Waals surface area (Å²) in [5, 5.41) is 6.36. The fraction of sp³-hybridized carbons (Fsp3) is 0.250. The Morgan fingerprint density at radius 3 is 2.54 bits per heavy atom. The summed E-state index contributed by atoms with van der Waals surface area (Å²) in [6, 6.07) is 16.9. The standard InChI is InChI=1S/C20H19ClN2O3/c21-17-9-5-4-8-16(17)14-26-20(25)11-10-19(24)23-13-12-18(22-23)15-6-2-1-3-7-15/h1-9H,10-14H2. The van der Waals surface area contributed by atoms with Crippen molar-refractivity contribution in [2.45, 2.75) is 25.9 Å². The highest BCUT2D eigenvalue weighted by molar-refractivity contribution is 6.31. The van der Waals surface area contributed by atoms with Gasteiger partial charge in [0.15, 0.2) is 0 Å². The molecule has 0 N–H and O–H groups in total. The molecule has 5 nitrogen and oxygen atoms in total. The molecule has 0 saturated carbocycles. The average molecular weight is 371 g/mol. The van der Waals surface area contributed by atoms with Gasteiger partial charge in [-0.1, -0.05) is 60.1 Å². The van der Waals surface area contributed by atoms with Crippen molar-refractivity contribution in [1.82, 2.24) is 5.01 Å². The van der Waals surface area contributed by atoms with Crippen LogP contribution in [0, 0.1) is 0 Å². The number of carbonyl (C=O) groups is 2. The van der Waals surface area contributed by atoms with Crippen molar-refractivity contribution < 1.29 is 14.3 Å². The number of halogens is 1. The summed E-state index contributed by atoms with van der Waals surface area (Å²) >= 11 is 6.02. The number of amides is 1. The molecule has 0 radical (unpaired) electrons. The number of hydrogen-bond donors (Lipinski definition) is 0. The molecule has 1 aliphatic heterocycles. The zero-order valence-corrected chi connectivity index (χ0v) is 15.0. The van der Waals surface area contributed by atoms with Gasteiger partial charge in [0.25, 0.3) is 0 Å². The van der Waals surface area contributed by atoms with Crippen LogP contribution in [-0.2, 0) is 20.9 Å². The van der Waals surface area contributed by atoms with E-state index >= 15 is 0 Å². The minimum absolute atomic E-state index is 0.0238.